The molecule has 0 aliphatic rings. The topological polar surface area (TPSA) is 36.4 Å². The van der Waals surface area contributed by atoms with E-state index in [2.05, 4.69) is 57.0 Å². The number of nitrogens with zero attached hydrogens (tertiary/aromatic N) is 1. The molecule has 4 heteroatoms. The monoisotopic (exact) mass is 423 g/mol. The summed E-state index contributed by atoms with van der Waals surface area (Å²) < 4.78 is 0. The van der Waals surface area contributed by atoms with Crippen LogP contribution in [0.5, 0.6) is 0 Å². The van der Waals surface area contributed by atoms with E-state index in [9.17, 15) is 0 Å². The normalized spacial score (nSPS) is 12.4. The Hall–Kier alpha value is -2.52. The number of halogens is 1. The van der Waals surface area contributed by atoms with Gasteiger partial charge in [0.2, 0.25) is 0 Å². The minimum Gasteiger partial charge on any atom is -0.388 e. The van der Waals surface area contributed by atoms with Crippen LogP contribution in [0, 0.1) is 6.92 Å². The summed E-state index contributed by atoms with van der Waals surface area (Å²) >= 11 is 6.81. The largest absolute Gasteiger partial charge is 0.388 e. The van der Waals surface area contributed by atoms with Gasteiger partial charge in [-0.05, 0) is 56.9 Å². The average molecular weight is 424 g/mol. The second-order valence-electron chi connectivity index (χ2n) is 7.53. The zero-order chi connectivity index (χ0) is 22.3. The first kappa shape index (κ1) is 23.8. The molecule has 0 saturated carbocycles. The summed E-state index contributed by atoms with van der Waals surface area (Å²) in [6, 6.07) is 12.2. The SMILES string of the molecule is C=C(Nc1cccc(-c2cccc(NC)c2C)c1Cl)C(C)=N/C(CC)=C(\C)CCC. The Labute approximate surface area is 187 Å². The molecular formula is C26H34ClN3. The van der Waals surface area contributed by atoms with Gasteiger partial charge in [0.25, 0.3) is 0 Å². The molecule has 0 aliphatic heterocycles. The molecule has 2 aromatic rings. The van der Waals surface area contributed by atoms with Gasteiger partial charge in [-0.3, -0.25) is 4.99 Å². The van der Waals surface area contributed by atoms with Crippen molar-refractivity contribution in [2.75, 3.05) is 17.7 Å². The summed E-state index contributed by atoms with van der Waals surface area (Å²) in [5.41, 5.74) is 9.29. The standard InChI is InChI=1S/C26H34ClN3/c1-8-12-17(3)23(9-2)29-19(5)20(6)30-25-16-11-14-22(26(25)27)21-13-10-15-24(28-7)18(21)4/h10-11,13-16,28,30H,6,8-9,12H2,1-5,7H3/b23-17+,29-19?. The van der Waals surface area contributed by atoms with Crippen LogP contribution in [-0.2, 0) is 0 Å². The molecule has 0 atom stereocenters. The maximum absolute atomic E-state index is 6.81. The lowest BCUT2D eigenvalue weighted by Gasteiger charge is -2.16. The summed E-state index contributed by atoms with van der Waals surface area (Å²) in [5, 5.41) is 7.29. The molecule has 0 fully saturated rings. The van der Waals surface area contributed by atoms with Crippen LogP contribution in [0.2, 0.25) is 5.02 Å². The second-order valence-corrected chi connectivity index (χ2v) is 7.90. The lowest BCUT2D eigenvalue weighted by molar-refractivity contribution is 0.867. The van der Waals surface area contributed by atoms with Crippen LogP contribution in [0.25, 0.3) is 11.1 Å². The Morgan fingerprint density at radius 1 is 1.03 bits per heavy atom. The van der Waals surface area contributed by atoms with Crippen LogP contribution in [0.1, 0.15) is 52.5 Å². The predicted molar refractivity (Wildman–Crippen MR) is 135 cm³/mol. The van der Waals surface area contributed by atoms with Crippen LogP contribution >= 0.6 is 11.6 Å². The number of anilines is 2. The molecule has 3 nitrogen and oxygen atoms in total. The Kier molecular flexibility index (Phi) is 8.73. The zero-order valence-corrected chi connectivity index (χ0v) is 19.9. The molecule has 2 N–H and O–H groups in total. The van der Waals surface area contributed by atoms with Crippen molar-refractivity contribution >= 4 is 28.7 Å². The quantitative estimate of drug-likeness (QED) is 0.398. The van der Waals surface area contributed by atoms with Crippen LogP contribution in [0.3, 0.4) is 0 Å². The van der Waals surface area contributed by atoms with Crippen molar-refractivity contribution in [1.29, 1.82) is 0 Å². The molecule has 0 radical (unpaired) electrons. The molecular weight excluding hydrogens is 390 g/mol. The van der Waals surface area contributed by atoms with Gasteiger partial charge in [-0.1, -0.05) is 68.3 Å². The third kappa shape index (κ3) is 5.54. The molecule has 0 spiro atoms. The first-order valence-electron chi connectivity index (χ1n) is 10.6. The number of rotatable bonds is 9. The molecule has 2 rings (SSSR count). The fourth-order valence-electron chi connectivity index (χ4n) is 3.55. The van der Waals surface area contributed by atoms with E-state index in [-0.39, 0.29) is 0 Å². The van der Waals surface area contributed by atoms with Crippen LogP contribution in [0.4, 0.5) is 11.4 Å². The molecule has 0 heterocycles. The van der Waals surface area contributed by atoms with Gasteiger partial charge in [0.1, 0.15) is 0 Å². The van der Waals surface area contributed by atoms with E-state index >= 15 is 0 Å². The van der Waals surface area contributed by atoms with E-state index in [0.717, 1.165) is 58.9 Å². The van der Waals surface area contributed by atoms with Gasteiger partial charge in [0, 0.05) is 24.0 Å². The highest BCUT2D eigenvalue weighted by Crippen LogP contribution is 2.37. The molecule has 0 saturated heterocycles. The van der Waals surface area contributed by atoms with E-state index in [0.29, 0.717) is 5.02 Å². The third-order valence-electron chi connectivity index (χ3n) is 5.37. The second kappa shape index (κ2) is 11.0. The molecule has 0 aromatic heterocycles. The van der Waals surface area contributed by atoms with Gasteiger partial charge in [-0.2, -0.15) is 0 Å². The Morgan fingerprint density at radius 2 is 1.67 bits per heavy atom. The molecule has 30 heavy (non-hydrogen) atoms. The summed E-state index contributed by atoms with van der Waals surface area (Å²) in [6.45, 7) is 14.8. The highest BCUT2D eigenvalue weighted by Gasteiger charge is 2.13. The molecule has 0 aliphatic carbocycles. The van der Waals surface area contributed by atoms with Gasteiger partial charge in [-0.15, -0.1) is 0 Å². The number of allylic oxidation sites excluding steroid dienone is 3. The van der Waals surface area contributed by atoms with Crippen LogP contribution in [0.15, 0.2) is 64.9 Å². The maximum atomic E-state index is 6.81. The number of hydrogen-bond acceptors (Lipinski definition) is 3. The average Bonchev–Trinajstić information content (AvgIpc) is 2.73. The Balaban J connectivity index is 2.34. The van der Waals surface area contributed by atoms with E-state index in [4.69, 9.17) is 16.6 Å². The van der Waals surface area contributed by atoms with Gasteiger partial charge >= 0.3 is 0 Å². The number of aliphatic imine (C=N–C) groups is 1. The number of hydrogen-bond donors (Lipinski definition) is 2. The highest BCUT2D eigenvalue weighted by atomic mass is 35.5. The lowest BCUT2D eigenvalue weighted by Crippen LogP contribution is -2.08. The van der Waals surface area contributed by atoms with E-state index in [1.54, 1.807) is 0 Å². The van der Waals surface area contributed by atoms with Crippen molar-refractivity contribution in [3.8, 4) is 11.1 Å². The summed E-state index contributed by atoms with van der Waals surface area (Å²) in [5.74, 6) is 0. The van der Waals surface area contributed by atoms with Crippen LogP contribution < -0.4 is 10.6 Å². The fraction of sp³-hybridized carbons (Fsp3) is 0.346. The lowest BCUT2D eigenvalue weighted by atomic mass is 9.98. The predicted octanol–water partition coefficient (Wildman–Crippen LogP) is 8.23. The van der Waals surface area contributed by atoms with E-state index < -0.39 is 0 Å². The Morgan fingerprint density at radius 3 is 2.27 bits per heavy atom. The smallest absolute Gasteiger partial charge is 0.0719 e. The maximum Gasteiger partial charge on any atom is 0.0719 e. The summed E-state index contributed by atoms with van der Waals surface area (Å²) in [6.07, 6.45) is 3.10. The molecule has 2 aromatic carbocycles. The van der Waals surface area contributed by atoms with Crippen molar-refractivity contribution < 1.29 is 0 Å². The summed E-state index contributed by atoms with van der Waals surface area (Å²) in [7, 11) is 1.93. The van der Waals surface area contributed by atoms with Crippen molar-refractivity contribution in [3.63, 3.8) is 0 Å². The van der Waals surface area contributed by atoms with Gasteiger partial charge in [0.05, 0.1) is 22.1 Å². The summed E-state index contributed by atoms with van der Waals surface area (Å²) in [4.78, 5) is 4.84. The van der Waals surface area contributed by atoms with Gasteiger partial charge < -0.3 is 10.6 Å². The molecule has 0 amide bonds. The first-order chi connectivity index (χ1) is 14.3. The highest BCUT2D eigenvalue weighted by molar-refractivity contribution is 6.36. The van der Waals surface area contributed by atoms with Gasteiger partial charge in [-0.25, -0.2) is 0 Å². The van der Waals surface area contributed by atoms with E-state index in [1.807, 2.05) is 38.2 Å². The van der Waals surface area contributed by atoms with Crippen molar-refractivity contribution in [2.24, 2.45) is 4.99 Å². The fourth-order valence-corrected chi connectivity index (χ4v) is 3.83. The van der Waals surface area contributed by atoms with Crippen molar-refractivity contribution in [3.05, 3.63) is 70.5 Å². The zero-order valence-electron chi connectivity index (χ0n) is 19.1. The van der Waals surface area contributed by atoms with Crippen molar-refractivity contribution in [2.45, 2.75) is 53.9 Å². The minimum atomic E-state index is 0.677. The third-order valence-corrected chi connectivity index (χ3v) is 5.78. The Bertz CT molecular complexity index is 970. The van der Waals surface area contributed by atoms with Crippen LogP contribution in [-0.4, -0.2) is 12.8 Å². The van der Waals surface area contributed by atoms with Crippen molar-refractivity contribution in [1.82, 2.24) is 0 Å². The first-order valence-corrected chi connectivity index (χ1v) is 11.0. The number of nitrogens with one attached hydrogen (secondary N) is 2. The molecule has 0 bridgehead atoms. The number of benzene rings is 2. The molecule has 160 valence electrons. The van der Waals surface area contributed by atoms with E-state index in [1.165, 1.54) is 11.1 Å². The minimum absolute atomic E-state index is 0.677. The van der Waals surface area contributed by atoms with Gasteiger partial charge in [0.15, 0.2) is 0 Å². The molecule has 0 unspecified atom stereocenters.